The predicted molar refractivity (Wildman–Crippen MR) is 146 cm³/mol. The largest absolute Gasteiger partial charge is 0.494 e. The van der Waals surface area contributed by atoms with Crippen LogP contribution < -0.4 is 14.4 Å². The molecule has 10 heteroatoms. The van der Waals surface area contributed by atoms with E-state index in [1.54, 1.807) is 31.2 Å². The molecule has 210 valence electrons. The van der Waals surface area contributed by atoms with Gasteiger partial charge in [-0.2, -0.15) is 4.39 Å². The van der Waals surface area contributed by atoms with Crippen molar-refractivity contribution >= 4 is 22.6 Å². The SMILES string of the molecule is CCC(=O)N1CCN(c2ccc3nc(C(C)Oc4ccccc4)n(C(F)c4ccc(OC)c(F)c4F)c3c2)CC1. The molecule has 1 saturated heterocycles. The number of ether oxygens (including phenoxy) is 2. The smallest absolute Gasteiger partial charge is 0.222 e. The Morgan fingerprint density at radius 1 is 1.00 bits per heavy atom. The highest BCUT2D eigenvalue weighted by atomic mass is 19.2. The van der Waals surface area contributed by atoms with Crippen LogP contribution >= 0.6 is 0 Å². The monoisotopic (exact) mass is 552 g/mol. The summed E-state index contributed by atoms with van der Waals surface area (Å²) in [5, 5.41) is 0. The molecule has 0 bridgehead atoms. The Kier molecular flexibility index (Phi) is 7.86. The van der Waals surface area contributed by atoms with Crippen molar-refractivity contribution in [3.63, 3.8) is 0 Å². The van der Waals surface area contributed by atoms with E-state index in [1.165, 1.54) is 23.8 Å². The van der Waals surface area contributed by atoms with Crippen LogP contribution in [0.1, 0.15) is 44.1 Å². The molecule has 0 N–H and O–H groups in total. The number of anilines is 1. The summed E-state index contributed by atoms with van der Waals surface area (Å²) in [6, 6.07) is 16.9. The second-order valence-corrected chi connectivity index (χ2v) is 9.63. The van der Waals surface area contributed by atoms with Crippen LogP contribution in [-0.2, 0) is 4.79 Å². The number of nitrogens with zero attached hydrogens (tertiary/aromatic N) is 4. The van der Waals surface area contributed by atoms with Crippen LogP contribution in [0.5, 0.6) is 11.5 Å². The maximum atomic E-state index is 16.4. The van der Waals surface area contributed by atoms with Crippen molar-refractivity contribution in [1.82, 2.24) is 14.5 Å². The molecule has 1 aromatic heterocycles. The first-order chi connectivity index (χ1) is 19.3. The molecule has 5 rings (SSSR count). The highest BCUT2D eigenvalue weighted by molar-refractivity contribution is 5.81. The number of hydrogen-bond acceptors (Lipinski definition) is 5. The van der Waals surface area contributed by atoms with Gasteiger partial charge in [-0.15, -0.1) is 0 Å². The molecule has 0 saturated carbocycles. The summed E-state index contributed by atoms with van der Waals surface area (Å²) in [7, 11) is 1.22. The normalized spacial score (nSPS) is 15.2. The number of piperazine rings is 1. The summed E-state index contributed by atoms with van der Waals surface area (Å²) in [6.07, 6.45) is -2.36. The minimum atomic E-state index is -2.10. The van der Waals surface area contributed by atoms with Crippen LogP contribution in [0.4, 0.5) is 18.9 Å². The van der Waals surface area contributed by atoms with Gasteiger partial charge in [0, 0.05) is 43.9 Å². The second kappa shape index (κ2) is 11.5. The molecule has 2 heterocycles. The molecular formula is C30H31F3N4O3. The second-order valence-electron chi connectivity index (χ2n) is 9.63. The summed E-state index contributed by atoms with van der Waals surface area (Å²) in [5.74, 6) is -2.01. The highest BCUT2D eigenvalue weighted by Gasteiger charge is 2.29. The first-order valence-electron chi connectivity index (χ1n) is 13.2. The molecular weight excluding hydrogens is 521 g/mol. The number of fused-ring (bicyclic) bond motifs is 1. The van der Waals surface area contributed by atoms with Crippen LogP contribution in [-0.4, -0.2) is 53.6 Å². The van der Waals surface area contributed by atoms with Crippen molar-refractivity contribution in [1.29, 1.82) is 0 Å². The molecule has 0 aliphatic carbocycles. The van der Waals surface area contributed by atoms with Crippen LogP contribution in [0.15, 0.2) is 60.7 Å². The minimum Gasteiger partial charge on any atom is -0.494 e. The third-order valence-corrected chi connectivity index (χ3v) is 7.20. The Bertz CT molecular complexity index is 1500. The van der Waals surface area contributed by atoms with Gasteiger partial charge in [-0.25, -0.2) is 13.8 Å². The molecule has 1 aliphatic rings. The number of aromatic nitrogens is 2. The van der Waals surface area contributed by atoms with Crippen molar-refractivity contribution in [3.8, 4) is 11.5 Å². The van der Waals surface area contributed by atoms with E-state index in [9.17, 15) is 9.18 Å². The molecule has 2 unspecified atom stereocenters. The average molecular weight is 553 g/mol. The summed E-state index contributed by atoms with van der Waals surface area (Å²) in [5.41, 5.74) is 1.22. The number of rotatable bonds is 8. The third kappa shape index (κ3) is 5.17. The number of para-hydroxylation sites is 1. The number of imidazole rings is 1. The Hall–Kier alpha value is -4.21. The summed E-state index contributed by atoms with van der Waals surface area (Å²) in [4.78, 5) is 20.7. The van der Waals surface area contributed by atoms with E-state index in [-0.39, 0.29) is 17.5 Å². The molecule has 0 radical (unpaired) electrons. The average Bonchev–Trinajstić information content (AvgIpc) is 3.37. The van der Waals surface area contributed by atoms with Crippen LogP contribution in [0, 0.1) is 11.6 Å². The lowest BCUT2D eigenvalue weighted by atomic mass is 10.1. The molecule has 4 aromatic rings. The van der Waals surface area contributed by atoms with Gasteiger partial charge in [0.15, 0.2) is 23.5 Å². The number of alkyl halides is 1. The number of halogens is 3. The van der Waals surface area contributed by atoms with Crippen molar-refractivity contribution in [2.45, 2.75) is 32.7 Å². The maximum absolute atomic E-state index is 16.4. The molecule has 2 atom stereocenters. The van der Waals surface area contributed by atoms with Gasteiger partial charge in [-0.05, 0) is 49.4 Å². The van der Waals surface area contributed by atoms with Gasteiger partial charge in [0.2, 0.25) is 18.0 Å². The molecule has 1 fully saturated rings. The Labute approximate surface area is 230 Å². The Morgan fingerprint density at radius 3 is 2.40 bits per heavy atom. The van der Waals surface area contributed by atoms with E-state index in [0.29, 0.717) is 49.4 Å². The first-order valence-corrected chi connectivity index (χ1v) is 13.2. The molecule has 3 aromatic carbocycles. The predicted octanol–water partition coefficient (Wildman–Crippen LogP) is 6.04. The fourth-order valence-corrected chi connectivity index (χ4v) is 5.04. The van der Waals surface area contributed by atoms with Crippen LogP contribution in [0.2, 0.25) is 0 Å². The lowest BCUT2D eigenvalue weighted by Gasteiger charge is -2.36. The summed E-state index contributed by atoms with van der Waals surface area (Å²) < 4.78 is 58.2. The third-order valence-electron chi connectivity index (χ3n) is 7.20. The fourth-order valence-electron chi connectivity index (χ4n) is 5.04. The topological polar surface area (TPSA) is 59.8 Å². The lowest BCUT2D eigenvalue weighted by Crippen LogP contribution is -2.48. The summed E-state index contributed by atoms with van der Waals surface area (Å²) >= 11 is 0. The van der Waals surface area contributed by atoms with Gasteiger partial charge in [0.25, 0.3) is 0 Å². The molecule has 7 nitrogen and oxygen atoms in total. The van der Waals surface area contributed by atoms with E-state index in [2.05, 4.69) is 9.88 Å². The van der Waals surface area contributed by atoms with Crippen LogP contribution in [0.25, 0.3) is 11.0 Å². The number of carbonyl (C=O) groups is 1. The van der Waals surface area contributed by atoms with Crippen molar-refractivity contribution in [2.24, 2.45) is 0 Å². The Balaban J connectivity index is 1.56. The zero-order valence-electron chi connectivity index (χ0n) is 22.6. The Morgan fingerprint density at radius 2 is 1.73 bits per heavy atom. The molecule has 40 heavy (non-hydrogen) atoms. The summed E-state index contributed by atoms with van der Waals surface area (Å²) in [6.45, 7) is 5.97. The zero-order chi connectivity index (χ0) is 28.4. The van der Waals surface area contributed by atoms with Gasteiger partial charge in [-0.1, -0.05) is 25.1 Å². The van der Waals surface area contributed by atoms with Gasteiger partial charge >= 0.3 is 0 Å². The van der Waals surface area contributed by atoms with E-state index in [1.807, 2.05) is 36.1 Å². The minimum absolute atomic E-state index is 0.110. The van der Waals surface area contributed by atoms with E-state index >= 15 is 8.78 Å². The maximum Gasteiger partial charge on any atom is 0.222 e. The van der Waals surface area contributed by atoms with Gasteiger partial charge in [0.05, 0.1) is 18.1 Å². The van der Waals surface area contributed by atoms with Crippen molar-refractivity contribution < 1.29 is 27.4 Å². The number of methoxy groups -OCH3 is 1. The number of amides is 1. The molecule has 1 aliphatic heterocycles. The van der Waals surface area contributed by atoms with E-state index in [0.717, 1.165) is 5.69 Å². The standard InChI is InChI=1S/C30H31F3N4O3/c1-4-26(38)36-16-14-35(15-17-36)20-10-12-23-24(18-20)37(29(33)22-11-13-25(39-3)28(32)27(22)31)30(34-23)19(2)40-21-8-6-5-7-9-21/h5-13,18-19,29H,4,14-17H2,1-3H3. The highest BCUT2D eigenvalue weighted by Crippen LogP contribution is 2.36. The first kappa shape index (κ1) is 27.4. The molecule has 0 spiro atoms. The quantitative estimate of drug-likeness (QED) is 0.267. The van der Waals surface area contributed by atoms with Gasteiger partial charge < -0.3 is 19.3 Å². The van der Waals surface area contributed by atoms with Crippen molar-refractivity contribution in [3.05, 3.63) is 83.7 Å². The number of hydrogen-bond donors (Lipinski definition) is 0. The van der Waals surface area contributed by atoms with Crippen molar-refractivity contribution in [2.75, 3.05) is 38.2 Å². The number of carbonyl (C=O) groups excluding carboxylic acids is 1. The number of benzene rings is 3. The molecule has 1 amide bonds. The lowest BCUT2D eigenvalue weighted by molar-refractivity contribution is -0.131. The van der Waals surface area contributed by atoms with Crippen LogP contribution in [0.3, 0.4) is 0 Å². The van der Waals surface area contributed by atoms with E-state index < -0.39 is 29.6 Å². The zero-order valence-corrected chi connectivity index (χ0v) is 22.6. The fraction of sp³-hybridized carbons (Fsp3) is 0.333. The van der Waals surface area contributed by atoms with Gasteiger partial charge in [-0.3, -0.25) is 9.36 Å². The van der Waals surface area contributed by atoms with E-state index in [4.69, 9.17) is 9.47 Å². The van der Waals surface area contributed by atoms with Gasteiger partial charge in [0.1, 0.15) is 5.75 Å².